The highest BCUT2D eigenvalue weighted by Gasteiger charge is 2.08. The van der Waals surface area contributed by atoms with Crippen molar-refractivity contribution in [1.82, 2.24) is 9.97 Å². The Bertz CT molecular complexity index is 905. The number of nitrogens with one attached hydrogen (secondary N) is 3. The number of aryl methyl sites for hydroxylation is 2. The molecule has 0 bridgehead atoms. The second kappa shape index (κ2) is 7.97. The summed E-state index contributed by atoms with van der Waals surface area (Å²) in [5.41, 5.74) is 2.73. The predicted molar refractivity (Wildman–Crippen MR) is 108 cm³/mol. The first kappa shape index (κ1) is 17.9. The van der Waals surface area contributed by atoms with Crippen molar-refractivity contribution in [2.75, 3.05) is 22.5 Å². The van der Waals surface area contributed by atoms with E-state index in [-0.39, 0.29) is 5.91 Å². The molecule has 0 aliphatic rings. The molecule has 2 heterocycles. The van der Waals surface area contributed by atoms with E-state index >= 15 is 0 Å². The molecule has 0 saturated carbocycles. The SMILES string of the molecule is CCNc1cc(Nc2ccc(NC(=O)c3cc(C)cs3)cc2)nc(C)n1. The van der Waals surface area contributed by atoms with Gasteiger partial charge in [0.15, 0.2) is 0 Å². The van der Waals surface area contributed by atoms with Crippen LogP contribution >= 0.6 is 11.3 Å². The number of carbonyl (C=O) groups is 1. The summed E-state index contributed by atoms with van der Waals surface area (Å²) in [7, 11) is 0. The van der Waals surface area contributed by atoms with Crippen LogP contribution in [0.1, 0.15) is 28.0 Å². The van der Waals surface area contributed by atoms with Gasteiger partial charge in [-0.3, -0.25) is 4.79 Å². The number of benzene rings is 1. The highest BCUT2D eigenvalue weighted by atomic mass is 32.1. The van der Waals surface area contributed by atoms with Gasteiger partial charge < -0.3 is 16.0 Å². The Labute approximate surface area is 156 Å². The fourth-order valence-corrected chi connectivity index (χ4v) is 3.22. The molecule has 0 saturated heterocycles. The summed E-state index contributed by atoms with van der Waals surface area (Å²) in [6.45, 7) is 6.66. The van der Waals surface area contributed by atoms with E-state index < -0.39 is 0 Å². The van der Waals surface area contributed by atoms with Gasteiger partial charge in [0.25, 0.3) is 5.91 Å². The quantitative estimate of drug-likeness (QED) is 0.594. The number of rotatable bonds is 6. The first-order valence-corrected chi connectivity index (χ1v) is 9.24. The molecule has 0 fully saturated rings. The molecule has 134 valence electrons. The molecular weight excluding hydrogens is 346 g/mol. The molecule has 3 N–H and O–H groups in total. The Morgan fingerprint density at radius 3 is 2.38 bits per heavy atom. The van der Waals surface area contributed by atoms with E-state index in [1.54, 1.807) is 0 Å². The Kier molecular flexibility index (Phi) is 5.48. The summed E-state index contributed by atoms with van der Waals surface area (Å²) in [5, 5.41) is 11.3. The summed E-state index contributed by atoms with van der Waals surface area (Å²) < 4.78 is 0. The minimum atomic E-state index is -0.0921. The number of amides is 1. The maximum atomic E-state index is 12.2. The van der Waals surface area contributed by atoms with Gasteiger partial charge in [0.05, 0.1) is 4.88 Å². The second-order valence-corrected chi connectivity index (χ2v) is 6.77. The molecule has 0 atom stereocenters. The lowest BCUT2D eigenvalue weighted by Gasteiger charge is -2.10. The summed E-state index contributed by atoms with van der Waals surface area (Å²) >= 11 is 1.44. The van der Waals surface area contributed by atoms with Gasteiger partial charge in [0.2, 0.25) is 0 Å². The van der Waals surface area contributed by atoms with Gasteiger partial charge in [-0.05, 0) is 62.0 Å². The fourth-order valence-electron chi connectivity index (χ4n) is 2.43. The topological polar surface area (TPSA) is 78.9 Å². The third kappa shape index (κ3) is 4.58. The molecule has 3 rings (SSSR count). The normalized spacial score (nSPS) is 10.4. The Balaban J connectivity index is 1.67. The second-order valence-electron chi connectivity index (χ2n) is 5.86. The van der Waals surface area contributed by atoms with Crippen LogP contribution in [-0.4, -0.2) is 22.4 Å². The van der Waals surface area contributed by atoms with Crippen LogP contribution in [0.25, 0.3) is 0 Å². The molecule has 0 unspecified atom stereocenters. The van der Waals surface area contributed by atoms with Crippen molar-refractivity contribution >= 4 is 40.3 Å². The van der Waals surface area contributed by atoms with Crippen LogP contribution in [0.15, 0.2) is 41.8 Å². The molecule has 0 radical (unpaired) electrons. The third-order valence-corrected chi connectivity index (χ3v) is 4.61. The van der Waals surface area contributed by atoms with Crippen molar-refractivity contribution < 1.29 is 4.79 Å². The minimum Gasteiger partial charge on any atom is -0.370 e. The monoisotopic (exact) mass is 367 g/mol. The largest absolute Gasteiger partial charge is 0.370 e. The molecule has 26 heavy (non-hydrogen) atoms. The molecule has 1 aromatic carbocycles. The van der Waals surface area contributed by atoms with Crippen molar-refractivity contribution in [3.63, 3.8) is 0 Å². The van der Waals surface area contributed by atoms with Crippen LogP contribution < -0.4 is 16.0 Å². The first-order chi connectivity index (χ1) is 12.5. The maximum Gasteiger partial charge on any atom is 0.265 e. The van der Waals surface area contributed by atoms with Gasteiger partial charge in [0, 0.05) is 24.0 Å². The highest BCUT2D eigenvalue weighted by Crippen LogP contribution is 2.21. The van der Waals surface area contributed by atoms with E-state index in [2.05, 4.69) is 25.9 Å². The molecule has 0 spiro atoms. The molecular formula is C19H21N5OS. The van der Waals surface area contributed by atoms with Crippen LogP contribution in [0.5, 0.6) is 0 Å². The number of anilines is 4. The first-order valence-electron chi connectivity index (χ1n) is 8.36. The van der Waals surface area contributed by atoms with Crippen molar-refractivity contribution in [2.24, 2.45) is 0 Å². The van der Waals surface area contributed by atoms with E-state index in [0.717, 1.165) is 35.1 Å². The standard InChI is InChI=1S/C19H21N5OS/c1-4-20-17-10-18(22-13(3)21-17)23-14-5-7-15(8-6-14)24-19(25)16-9-12(2)11-26-16/h5-11H,4H2,1-3H3,(H,24,25)(H2,20,21,22,23). The third-order valence-electron chi connectivity index (χ3n) is 3.57. The number of hydrogen-bond donors (Lipinski definition) is 3. The van der Waals surface area contributed by atoms with Gasteiger partial charge in [-0.1, -0.05) is 0 Å². The van der Waals surface area contributed by atoms with E-state index in [0.29, 0.717) is 10.7 Å². The van der Waals surface area contributed by atoms with E-state index in [1.165, 1.54) is 11.3 Å². The zero-order valence-electron chi connectivity index (χ0n) is 15.0. The fraction of sp³-hybridized carbons (Fsp3) is 0.211. The van der Waals surface area contributed by atoms with Gasteiger partial charge in [0.1, 0.15) is 17.5 Å². The molecule has 1 amide bonds. The van der Waals surface area contributed by atoms with Crippen molar-refractivity contribution in [3.8, 4) is 0 Å². The van der Waals surface area contributed by atoms with Crippen LogP contribution in [-0.2, 0) is 0 Å². The summed E-state index contributed by atoms with van der Waals surface area (Å²) in [6.07, 6.45) is 0. The lowest BCUT2D eigenvalue weighted by Crippen LogP contribution is -2.10. The van der Waals surface area contributed by atoms with Crippen LogP contribution in [0.3, 0.4) is 0 Å². The molecule has 3 aromatic rings. The number of aromatic nitrogens is 2. The number of hydrogen-bond acceptors (Lipinski definition) is 6. The highest BCUT2D eigenvalue weighted by molar-refractivity contribution is 7.12. The molecule has 7 heteroatoms. The average molecular weight is 367 g/mol. The van der Waals surface area contributed by atoms with Crippen molar-refractivity contribution in [3.05, 3.63) is 58.0 Å². The number of carbonyl (C=O) groups excluding carboxylic acids is 1. The van der Waals surface area contributed by atoms with Crippen molar-refractivity contribution in [2.45, 2.75) is 20.8 Å². The van der Waals surface area contributed by atoms with Crippen LogP contribution in [0.4, 0.5) is 23.0 Å². The molecule has 0 aliphatic heterocycles. The summed E-state index contributed by atoms with van der Waals surface area (Å²) in [4.78, 5) is 21.6. The molecule has 6 nitrogen and oxygen atoms in total. The lowest BCUT2D eigenvalue weighted by atomic mass is 10.2. The summed E-state index contributed by atoms with van der Waals surface area (Å²) in [5.74, 6) is 2.11. The zero-order chi connectivity index (χ0) is 18.5. The molecule has 2 aromatic heterocycles. The van der Waals surface area contributed by atoms with Gasteiger partial charge in [-0.25, -0.2) is 9.97 Å². The number of thiophene rings is 1. The summed E-state index contributed by atoms with van der Waals surface area (Å²) in [6, 6.07) is 11.3. The van der Waals surface area contributed by atoms with E-state index in [1.807, 2.05) is 62.5 Å². The van der Waals surface area contributed by atoms with Gasteiger partial charge in [-0.2, -0.15) is 0 Å². The average Bonchev–Trinajstić information content (AvgIpc) is 3.03. The number of nitrogens with zero attached hydrogens (tertiary/aromatic N) is 2. The Hall–Kier alpha value is -2.93. The maximum absolute atomic E-state index is 12.2. The molecule has 0 aliphatic carbocycles. The van der Waals surface area contributed by atoms with E-state index in [9.17, 15) is 4.79 Å². The van der Waals surface area contributed by atoms with Crippen molar-refractivity contribution in [1.29, 1.82) is 0 Å². The van der Waals surface area contributed by atoms with Crippen LogP contribution in [0.2, 0.25) is 0 Å². The Morgan fingerprint density at radius 2 is 1.73 bits per heavy atom. The Morgan fingerprint density at radius 1 is 1.04 bits per heavy atom. The van der Waals surface area contributed by atoms with Gasteiger partial charge in [-0.15, -0.1) is 11.3 Å². The van der Waals surface area contributed by atoms with E-state index in [4.69, 9.17) is 0 Å². The minimum absolute atomic E-state index is 0.0921. The van der Waals surface area contributed by atoms with Crippen LogP contribution in [0, 0.1) is 13.8 Å². The predicted octanol–water partition coefficient (Wildman–Crippen LogP) is 4.58. The van der Waals surface area contributed by atoms with Gasteiger partial charge >= 0.3 is 0 Å². The smallest absolute Gasteiger partial charge is 0.265 e. The zero-order valence-corrected chi connectivity index (χ0v) is 15.8. The lowest BCUT2D eigenvalue weighted by molar-refractivity contribution is 0.103.